The van der Waals surface area contributed by atoms with E-state index in [1.807, 2.05) is 0 Å². The smallest absolute Gasteiger partial charge is 0.257 e. The lowest BCUT2D eigenvalue weighted by molar-refractivity contribution is 0.0595. The molecule has 1 aliphatic heterocycles. The maximum absolute atomic E-state index is 13.8. The molecular weight excluding hydrogens is 339 g/mol. The molecule has 2 aromatic rings. The van der Waals surface area contributed by atoms with Gasteiger partial charge in [0.05, 0.1) is 24.2 Å². The summed E-state index contributed by atoms with van der Waals surface area (Å²) in [5.41, 5.74) is 1.07. The number of hydrogen-bond acceptors (Lipinski definition) is 7. The SMILES string of the molecule is CO[C@@H]1CN(C(=O)c2cnc(NC3(c4cncnc4)CC3)nc2)C[C@H]1F. The average molecular weight is 358 g/mol. The number of ether oxygens (including phenoxy) is 1. The van der Waals surface area contributed by atoms with Crippen LogP contribution in [0.1, 0.15) is 28.8 Å². The second-order valence-electron chi connectivity index (χ2n) is 6.63. The summed E-state index contributed by atoms with van der Waals surface area (Å²) in [7, 11) is 1.44. The van der Waals surface area contributed by atoms with Crippen LogP contribution in [0.3, 0.4) is 0 Å². The second-order valence-corrected chi connectivity index (χ2v) is 6.63. The van der Waals surface area contributed by atoms with Crippen molar-refractivity contribution >= 4 is 11.9 Å². The standard InChI is InChI=1S/C17H19FN6O2/c1-26-14-9-24(8-13(14)18)15(25)11-4-21-16(22-5-11)23-17(2-3-17)12-6-19-10-20-7-12/h4-7,10,13-14H,2-3,8-9H2,1H3,(H,21,22,23)/t13-,14-/m1/s1. The highest BCUT2D eigenvalue weighted by molar-refractivity contribution is 5.94. The van der Waals surface area contributed by atoms with E-state index >= 15 is 0 Å². The lowest BCUT2D eigenvalue weighted by atomic mass is 10.1. The Labute approximate surface area is 149 Å². The van der Waals surface area contributed by atoms with Gasteiger partial charge < -0.3 is 15.0 Å². The zero-order valence-corrected chi connectivity index (χ0v) is 14.3. The molecule has 1 N–H and O–H groups in total. The Hall–Kier alpha value is -2.68. The summed E-state index contributed by atoms with van der Waals surface area (Å²) in [6.45, 7) is 0.252. The fourth-order valence-electron chi connectivity index (χ4n) is 3.18. The van der Waals surface area contributed by atoms with Gasteiger partial charge in [0.1, 0.15) is 18.6 Å². The quantitative estimate of drug-likeness (QED) is 0.858. The minimum Gasteiger partial charge on any atom is -0.377 e. The molecule has 1 saturated heterocycles. The molecule has 1 aliphatic carbocycles. The number of rotatable bonds is 5. The summed E-state index contributed by atoms with van der Waals surface area (Å²) in [6, 6.07) is 0. The van der Waals surface area contributed by atoms with Crippen molar-refractivity contribution in [2.75, 3.05) is 25.5 Å². The highest BCUT2D eigenvalue weighted by atomic mass is 19.1. The number of methoxy groups -OCH3 is 1. The minimum absolute atomic E-state index is 0.0223. The van der Waals surface area contributed by atoms with Crippen LogP contribution in [0.2, 0.25) is 0 Å². The van der Waals surface area contributed by atoms with Crippen molar-refractivity contribution in [2.24, 2.45) is 0 Å². The Bertz CT molecular complexity index is 784. The molecule has 2 aliphatic rings. The Balaban J connectivity index is 1.44. The monoisotopic (exact) mass is 358 g/mol. The van der Waals surface area contributed by atoms with Gasteiger partial charge in [-0.1, -0.05) is 0 Å². The van der Waals surface area contributed by atoms with Gasteiger partial charge in [-0.2, -0.15) is 0 Å². The number of carbonyl (C=O) groups excluding carboxylic acids is 1. The van der Waals surface area contributed by atoms with Crippen LogP contribution >= 0.6 is 0 Å². The maximum atomic E-state index is 13.8. The molecule has 0 aromatic carbocycles. The van der Waals surface area contributed by atoms with E-state index in [1.54, 1.807) is 12.4 Å². The van der Waals surface area contributed by atoms with Gasteiger partial charge in [-0.3, -0.25) is 4.79 Å². The third-order valence-electron chi connectivity index (χ3n) is 4.90. The van der Waals surface area contributed by atoms with Gasteiger partial charge in [0, 0.05) is 37.5 Å². The Kier molecular flexibility index (Phi) is 4.23. The van der Waals surface area contributed by atoms with Crippen molar-refractivity contribution in [3.05, 3.63) is 42.2 Å². The highest BCUT2D eigenvalue weighted by Crippen LogP contribution is 2.47. The van der Waals surface area contributed by atoms with E-state index in [1.165, 1.54) is 30.7 Å². The molecule has 2 aromatic heterocycles. The molecule has 9 heteroatoms. The fourth-order valence-corrected chi connectivity index (χ4v) is 3.18. The van der Waals surface area contributed by atoms with Crippen LogP contribution in [0, 0.1) is 0 Å². The predicted molar refractivity (Wildman–Crippen MR) is 90.2 cm³/mol. The van der Waals surface area contributed by atoms with E-state index in [9.17, 15) is 9.18 Å². The molecule has 0 bridgehead atoms. The molecule has 0 radical (unpaired) electrons. The Morgan fingerprint density at radius 3 is 2.50 bits per heavy atom. The predicted octanol–water partition coefficient (Wildman–Crippen LogP) is 1.18. The van der Waals surface area contributed by atoms with Gasteiger partial charge in [-0.05, 0) is 12.8 Å². The third kappa shape index (κ3) is 3.10. The number of likely N-dealkylation sites (tertiary alicyclic amines) is 1. The number of halogens is 1. The first-order valence-corrected chi connectivity index (χ1v) is 8.43. The van der Waals surface area contributed by atoms with Crippen LogP contribution in [0.15, 0.2) is 31.1 Å². The summed E-state index contributed by atoms with van der Waals surface area (Å²) in [4.78, 5) is 30.5. The van der Waals surface area contributed by atoms with Crippen molar-refractivity contribution in [1.82, 2.24) is 24.8 Å². The second kappa shape index (κ2) is 6.56. The molecular formula is C17H19FN6O2. The highest BCUT2D eigenvalue weighted by Gasteiger charge is 2.45. The normalized spacial score (nSPS) is 23.7. The summed E-state index contributed by atoms with van der Waals surface area (Å²) >= 11 is 0. The van der Waals surface area contributed by atoms with E-state index in [-0.39, 0.29) is 24.5 Å². The van der Waals surface area contributed by atoms with Gasteiger partial charge >= 0.3 is 0 Å². The molecule has 2 fully saturated rings. The van der Waals surface area contributed by atoms with Crippen molar-refractivity contribution in [1.29, 1.82) is 0 Å². The summed E-state index contributed by atoms with van der Waals surface area (Å²) in [5, 5.41) is 3.30. The largest absolute Gasteiger partial charge is 0.377 e. The minimum atomic E-state index is -1.17. The number of nitrogens with one attached hydrogen (secondary N) is 1. The van der Waals surface area contributed by atoms with Gasteiger partial charge in [0.15, 0.2) is 0 Å². The van der Waals surface area contributed by atoms with E-state index in [0.29, 0.717) is 11.5 Å². The third-order valence-corrected chi connectivity index (χ3v) is 4.90. The summed E-state index contributed by atoms with van der Waals surface area (Å²) in [6.07, 6.45) is 8.09. The van der Waals surface area contributed by atoms with Gasteiger partial charge in [0.25, 0.3) is 5.91 Å². The molecule has 8 nitrogen and oxygen atoms in total. The van der Waals surface area contributed by atoms with Crippen LogP contribution in [0.4, 0.5) is 10.3 Å². The number of amides is 1. The first-order chi connectivity index (χ1) is 12.6. The first kappa shape index (κ1) is 16.8. The molecule has 0 unspecified atom stereocenters. The molecule has 3 heterocycles. The van der Waals surface area contributed by atoms with Gasteiger partial charge in [-0.15, -0.1) is 0 Å². The van der Waals surface area contributed by atoms with Gasteiger partial charge in [0.2, 0.25) is 5.95 Å². The van der Waals surface area contributed by atoms with E-state index < -0.39 is 12.3 Å². The number of carbonyl (C=O) groups is 1. The maximum Gasteiger partial charge on any atom is 0.257 e. The zero-order valence-electron chi connectivity index (χ0n) is 14.3. The number of anilines is 1. The number of nitrogens with zero attached hydrogens (tertiary/aromatic N) is 5. The molecule has 136 valence electrons. The summed E-state index contributed by atoms with van der Waals surface area (Å²) < 4.78 is 18.8. The van der Waals surface area contributed by atoms with Crippen molar-refractivity contribution < 1.29 is 13.9 Å². The number of aromatic nitrogens is 4. The van der Waals surface area contributed by atoms with E-state index in [0.717, 1.165) is 18.4 Å². The molecule has 1 amide bonds. The lowest BCUT2D eigenvalue weighted by Gasteiger charge is -2.18. The molecule has 1 saturated carbocycles. The number of alkyl halides is 1. The van der Waals surface area contributed by atoms with Crippen LogP contribution in [-0.2, 0) is 10.3 Å². The number of hydrogen-bond donors (Lipinski definition) is 1. The zero-order chi connectivity index (χ0) is 18.1. The lowest BCUT2D eigenvalue weighted by Crippen LogP contribution is -2.30. The topological polar surface area (TPSA) is 93.1 Å². The summed E-state index contributed by atoms with van der Waals surface area (Å²) in [5.74, 6) is 0.138. The average Bonchev–Trinajstić information content (AvgIpc) is 3.36. The first-order valence-electron chi connectivity index (χ1n) is 8.43. The van der Waals surface area contributed by atoms with Crippen molar-refractivity contribution in [2.45, 2.75) is 30.7 Å². The van der Waals surface area contributed by atoms with E-state index in [2.05, 4.69) is 25.3 Å². The Morgan fingerprint density at radius 2 is 1.92 bits per heavy atom. The van der Waals surface area contributed by atoms with Crippen LogP contribution in [0.5, 0.6) is 0 Å². The Morgan fingerprint density at radius 1 is 1.23 bits per heavy atom. The van der Waals surface area contributed by atoms with Crippen molar-refractivity contribution in [3.8, 4) is 0 Å². The fraction of sp³-hybridized carbons (Fsp3) is 0.471. The molecule has 0 spiro atoms. The van der Waals surface area contributed by atoms with Crippen LogP contribution < -0.4 is 5.32 Å². The molecule has 4 rings (SSSR count). The molecule has 26 heavy (non-hydrogen) atoms. The van der Waals surface area contributed by atoms with Gasteiger partial charge in [-0.25, -0.2) is 24.3 Å². The van der Waals surface area contributed by atoms with E-state index in [4.69, 9.17) is 4.74 Å². The van der Waals surface area contributed by atoms with Crippen LogP contribution in [0.25, 0.3) is 0 Å². The van der Waals surface area contributed by atoms with Crippen LogP contribution in [-0.4, -0.2) is 63.2 Å². The van der Waals surface area contributed by atoms with Crippen molar-refractivity contribution in [3.63, 3.8) is 0 Å². The molecule has 2 atom stereocenters.